The van der Waals surface area contributed by atoms with E-state index in [1.807, 2.05) is 13.8 Å². The van der Waals surface area contributed by atoms with Crippen molar-refractivity contribution >= 4 is 28.1 Å². The molecule has 0 aliphatic heterocycles. The van der Waals surface area contributed by atoms with Crippen molar-refractivity contribution in [3.63, 3.8) is 0 Å². The Bertz CT molecular complexity index is 1570. The van der Waals surface area contributed by atoms with Gasteiger partial charge in [0, 0.05) is 37.2 Å². The normalized spacial score (nSPS) is 11.8. The molecule has 0 saturated carbocycles. The number of nitrogens with one attached hydrogen (secondary N) is 2. The number of fused-ring (bicyclic) bond motifs is 1. The predicted octanol–water partition coefficient (Wildman–Crippen LogP) is 5.09. The number of H-pyrrole nitrogens is 1. The summed E-state index contributed by atoms with van der Waals surface area (Å²) in [6, 6.07) is 4.46. The molecular weight excluding hydrogens is 512 g/mol. The van der Waals surface area contributed by atoms with E-state index in [9.17, 15) is 19.1 Å². The molecule has 0 bridgehead atoms. The minimum atomic E-state index is -1.49. The van der Waals surface area contributed by atoms with E-state index in [2.05, 4.69) is 10.3 Å². The van der Waals surface area contributed by atoms with Gasteiger partial charge in [0.1, 0.15) is 17.0 Å². The number of aromatic amines is 1. The molecular formula is C28H31F2N3O4S. The lowest BCUT2D eigenvalue weighted by Crippen LogP contribution is -2.23. The van der Waals surface area contributed by atoms with Crippen LogP contribution in [0.4, 0.5) is 8.78 Å². The third-order valence-electron chi connectivity index (χ3n) is 6.42. The molecule has 0 unspecified atom stereocenters. The average molecular weight is 544 g/mol. The number of aliphatic hydroxyl groups is 1. The van der Waals surface area contributed by atoms with Crippen molar-refractivity contribution in [2.75, 3.05) is 13.2 Å². The molecule has 0 atom stereocenters. The van der Waals surface area contributed by atoms with Gasteiger partial charge in [-0.1, -0.05) is 0 Å². The van der Waals surface area contributed by atoms with Gasteiger partial charge in [-0.15, -0.1) is 11.3 Å². The van der Waals surface area contributed by atoms with Gasteiger partial charge in [-0.3, -0.25) is 9.59 Å². The first kappa shape index (κ1) is 27.5. The first-order chi connectivity index (χ1) is 17.8. The van der Waals surface area contributed by atoms with Crippen LogP contribution >= 0.6 is 11.3 Å². The quantitative estimate of drug-likeness (QED) is 0.289. The zero-order chi connectivity index (χ0) is 27.9. The molecule has 10 heteroatoms. The van der Waals surface area contributed by atoms with Gasteiger partial charge in [-0.25, -0.2) is 8.78 Å². The Hall–Kier alpha value is -3.50. The SMILES string of the molecule is CCNC(=O)c1cc2c(-c3sc(C(C)(C)O)c(F)c3OCCc3c(C)cc(F)cc3C)cn(C)c(=O)c2[nH]1. The van der Waals surface area contributed by atoms with E-state index in [0.717, 1.165) is 28.0 Å². The van der Waals surface area contributed by atoms with Gasteiger partial charge in [0.15, 0.2) is 11.6 Å². The lowest BCUT2D eigenvalue weighted by atomic mass is 10.0. The predicted molar refractivity (Wildman–Crippen MR) is 145 cm³/mol. The van der Waals surface area contributed by atoms with E-state index in [-0.39, 0.29) is 45.7 Å². The number of rotatable bonds is 8. The summed E-state index contributed by atoms with van der Waals surface area (Å²) >= 11 is 1.03. The maximum atomic E-state index is 15.8. The Morgan fingerprint density at radius 2 is 1.87 bits per heavy atom. The number of carbonyl (C=O) groups is 1. The Morgan fingerprint density at radius 1 is 1.21 bits per heavy atom. The molecule has 3 aromatic heterocycles. The van der Waals surface area contributed by atoms with Gasteiger partial charge in [-0.05, 0) is 69.5 Å². The summed E-state index contributed by atoms with van der Waals surface area (Å²) in [5, 5.41) is 13.8. The minimum Gasteiger partial charge on any atom is -0.489 e. The van der Waals surface area contributed by atoms with Crippen molar-refractivity contribution in [3.8, 4) is 16.2 Å². The molecule has 3 heterocycles. The highest BCUT2D eigenvalue weighted by molar-refractivity contribution is 7.16. The maximum absolute atomic E-state index is 15.8. The van der Waals surface area contributed by atoms with Crippen LogP contribution in [0.25, 0.3) is 21.3 Å². The summed E-state index contributed by atoms with van der Waals surface area (Å²) in [6.45, 7) is 8.90. The van der Waals surface area contributed by atoms with Crippen LogP contribution in [-0.4, -0.2) is 33.7 Å². The lowest BCUT2D eigenvalue weighted by molar-refractivity contribution is 0.0782. The largest absolute Gasteiger partial charge is 0.489 e. The van der Waals surface area contributed by atoms with Crippen molar-refractivity contribution in [3.05, 3.63) is 73.6 Å². The third-order valence-corrected chi connectivity index (χ3v) is 7.91. The van der Waals surface area contributed by atoms with Gasteiger partial charge >= 0.3 is 0 Å². The van der Waals surface area contributed by atoms with E-state index < -0.39 is 11.4 Å². The lowest BCUT2D eigenvalue weighted by Gasteiger charge is -2.15. The molecule has 3 N–H and O–H groups in total. The molecule has 0 saturated heterocycles. The monoisotopic (exact) mass is 543 g/mol. The number of pyridine rings is 1. The number of benzene rings is 1. The molecule has 4 rings (SSSR count). The van der Waals surface area contributed by atoms with Crippen molar-refractivity contribution in [1.82, 2.24) is 14.9 Å². The highest BCUT2D eigenvalue weighted by Crippen LogP contribution is 2.47. The zero-order valence-electron chi connectivity index (χ0n) is 22.2. The summed E-state index contributed by atoms with van der Waals surface area (Å²) in [7, 11) is 1.57. The van der Waals surface area contributed by atoms with Gasteiger partial charge < -0.3 is 24.7 Å². The number of thiophene rings is 1. The minimum absolute atomic E-state index is 0.0507. The summed E-state index contributed by atoms with van der Waals surface area (Å²) in [5.41, 5.74) is 1.52. The topological polar surface area (TPSA) is 96.3 Å². The molecule has 38 heavy (non-hydrogen) atoms. The third kappa shape index (κ3) is 5.10. The van der Waals surface area contributed by atoms with Crippen LogP contribution in [0.3, 0.4) is 0 Å². The zero-order valence-corrected chi connectivity index (χ0v) is 23.0. The fraction of sp³-hybridized carbons (Fsp3) is 0.357. The van der Waals surface area contributed by atoms with Gasteiger partial charge in [-0.2, -0.15) is 0 Å². The molecule has 0 spiro atoms. The number of aromatic nitrogens is 2. The summed E-state index contributed by atoms with van der Waals surface area (Å²) < 4.78 is 36.9. The fourth-order valence-electron chi connectivity index (χ4n) is 4.58. The first-order valence-electron chi connectivity index (χ1n) is 12.3. The van der Waals surface area contributed by atoms with Crippen LogP contribution in [0.1, 0.15) is 52.8 Å². The van der Waals surface area contributed by atoms with Crippen LogP contribution < -0.4 is 15.6 Å². The van der Waals surface area contributed by atoms with Gasteiger partial charge in [0.25, 0.3) is 11.5 Å². The highest BCUT2D eigenvalue weighted by atomic mass is 32.1. The second-order valence-electron chi connectivity index (χ2n) is 9.87. The smallest absolute Gasteiger partial charge is 0.274 e. The molecule has 7 nitrogen and oxygen atoms in total. The summed E-state index contributed by atoms with van der Waals surface area (Å²) in [6.07, 6.45) is 1.99. The molecule has 202 valence electrons. The Labute approximate surface area is 223 Å². The molecule has 1 aromatic carbocycles. The van der Waals surface area contributed by atoms with Gasteiger partial charge in [0.2, 0.25) is 0 Å². The standard InChI is InChI=1S/C28H31F2N3O4S/c1-7-31-26(34)20-12-18-19(13-33(6)27(35)22(18)32-20)24-23(21(30)25(38-24)28(4,5)36)37-9-8-17-14(2)10-16(29)11-15(17)3/h10-13,32,36H,7-9H2,1-6H3,(H,31,34). The van der Waals surface area contributed by atoms with Gasteiger partial charge in [0.05, 0.1) is 22.0 Å². The summed E-state index contributed by atoms with van der Waals surface area (Å²) in [5.74, 6) is -1.42. The van der Waals surface area contributed by atoms with E-state index in [4.69, 9.17) is 4.74 Å². The van der Waals surface area contributed by atoms with E-state index in [1.165, 1.54) is 30.5 Å². The Balaban J connectivity index is 1.83. The number of hydrogen-bond acceptors (Lipinski definition) is 5. The molecule has 0 aliphatic carbocycles. The fourth-order valence-corrected chi connectivity index (χ4v) is 5.73. The van der Waals surface area contributed by atoms with Crippen molar-refractivity contribution < 1.29 is 23.4 Å². The number of nitrogens with zero attached hydrogens (tertiary/aromatic N) is 1. The van der Waals surface area contributed by atoms with E-state index in [0.29, 0.717) is 28.8 Å². The number of carbonyl (C=O) groups excluding carboxylic acids is 1. The second-order valence-corrected chi connectivity index (χ2v) is 10.9. The van der Waals surface area contributed by atoms with Crippen LogP contribution in [0.15, 0.2) is 29.2 Å². The number of ether oxygens (including phenoxy) is 1. The molecule has 1 amide bonds. The van der Waals surface area contributed by atoms with Crippen molar-refractivity contribution in [1.29, 1.82) is 0 Å². The maximum Gasteiger partial charge on any atom is 0.274 e. The van der Waals surface area contributed by atoms with Crippen LogP contribution in [0.5, 0.6) is 5.75 Å². The molecule has 0 radical (unpaired) electrons. The molecule has 0 aliphatic rings. The van der Waals surface area contributed by atoms with Crippen molar-refractivity contribution in [2.24, 2.45) is 7.05 Å². The summed E-state index contributed by atoms with van der Waals surface area (Å²) in [4.78, 5) is 28.7. The Kier molecular flexibility index (Phi) is 7.49. The van der Waals surface area contributed by atoms with Crippen LogP contribution in [0.2, 0.25) is 0 Å². The Morgan fingerprint density at radius 3 is 2.47 bits per heavy atom. The number of hydrogen-bond donors (Lipinski definition) is 3. The second kappa shape index (κ2) is 10.3. The van der Waals surface area contributed by atoms with Crippen LogP contribution in [0, 0.1) is 25.5 Å². The van der Waals surface area contributed by atoms with E-state index >= 15 is 4.39 Å². The highest BCUT2D eigenvalue weighted by Gasteiger charge is 2.31. The van der Waals surface area contributed by atoms with E-state index in [1.54, 1.807) is 26.2 Å². The molecule has 4 aromatic rings. The van der Waals surface area contributed by atoms with Crippen LogP contribution in [-0.2, 0) is 19.1 Å². The van der Waals surface area contributed by atoms with Crippen molar-refractivity contribution in [2.45, 2.75) is 46.6 Å². The first-order valence-corrected chi connectivity index (χ1v) is 13.1. The number of amides is 1. The number of aryl methyl sites for hydroxylation is 3. The number of halogens is 2. The average Bonchev–Trinajstić information content (AvgIpc) is 3.40. The molecule has 0 fully saturated rings.